The summed E-state index contributed by atoms with van der Waals surface area (Å²) >= 11 is 0. The summed E-state index contributed by atoms with van der Waals surface area (Å²) in [5, 5.41) is 1.07. The Kier molecular flexibility index (Phi) is 5.17. The van der Waals surface area contributed by atoms with Gasteiger partial charge in [0.05, 0.1) is 41.5 Å². The lowest BCUT2D eigenvalue weighted by Gasteiger charge is -2.60. The maximum absolute atomic E-state index is 14.4. The fraction of sp³-hybridized carbons (Fsp3) is 0.361. The van der Waals surface area contributed by atoms with Gasteiger partial charge in [-0.15, -0.1) is 0 Å². The predicted molar refractivity (Wildman–Crippen MR) is 169 cm³/mol. The highest BCUT2D eigenvalue weighted by Gasteiger charge is 2.71. The molecular formula is C36H32N6O4. The van der Waals surface area contributed by atoms with Gasteiger partial charge in [-0.05, 0) is 85.4 Å². The zero-order chi connectivity index (χ0) is 31.0. The van der Waals surface area contributed by atoms with E-state index in [0.29, 0.717) is 52.3 Å². The van der Waals surface area contributed by atoms with E-state index >= 15 is 0 Å². The van der Waals surface area contributed by atoms with Crippen molar-refractivity contribution in [3.05, 3.63) is 77.5 Å². The molecule has 3 aliphatic carbocycles. The third-order valence-corrected chi connectivity index (χ3v) is 11.4. The second-order valence-electron chi connectivity index (χ2n) is 13.7. The molecule has 10 rings (SSSR count). The molecule has 46 heavy (non-hydrogen) atoms. The number of aryl methyl sites for hydroxylation is 1. The molecule has 5 heterocycles. The van der Waals surface area contributed by atoms with E-state index in [1.54, 1.807) is 31.4 Å². The largest absolute Gasteiger partial charge is 0.494 e. The van der Waals surface area contributed by atoms with Gasteiger partial charge in [-0.1, -0.05) is 12.1 Å². The number of hydrogen-bond acceptors (Lipinski definition) is 6. The van der Waals surface area contributed by atoms with Gasteiger partial charge in [-0.25, -0.2) is 9.97 Å². The number of aromatic nitrogens is 4. The van der Waals surface area contributed by atoms with Crippen molar-refractivity contribution in [2.75, 3.05) is 13.7 Å². The van der Waals surface area contributed by atoms with E-state index in [1.807, 2.05) is 40.9 Å². The summed E-state index contributed by atoms with van der Waals surface area (Å²) in [5.74, 6) is 2.40. The van der Waals surface area contributed by atoms with Crippen molar-refractivity contribution in [2.24, 2.45) is 30.7 Å². The van der Waals surface area contributed by atoms with Crippen LogP contribution in [0.3, 0.4) is 0 Å². The minimum absolute atomic E-state index is 0.112. The number of imide groups is 1. The number of rotatable bonds is 6. The number of nitrogens with zero attached hydrogens (tertiary/aromatic N) is 6. The van der Waals surface area contributed by atoms with Gasteiger partial charge in [0.25, 0.3) is 17.7 Å². The summed E-state index contributed by atoms with van der Waals surface area (Å²) < 4.78 is 10.2. The van der Waals surface area contributed by atoms with Crippen molar-refractivity contribution < 1.29 is 19.1 Å². The topological polar surface area (TPSA) is 103 Å². The van der Waals surface area contributed by atoms with Gasteiger partial charge in [0.1, 0.15) is 16.9 Å². The third-order valence-electron chi connectivity index (χ3n) is 11.4. The molecule has 1 saturated heterocycles. The molecule has 2 aromatic carbocycles. The van der Waals surface area contributed by atoms with E-state index in [1.165, 1.54) is 17.7 Å². The summed E-state index contributed by atoms with van der Waals surface area (Å²) in [6, 6.07) is 16.4. The molecule has 3 aromatic heterocycles. The van der Waals surface area contributed by atoms with E-state index in [2.05, 4.69) is 16.7 Å². The Morgan fingerprint density at radius 1 is 1.00 bits per heavy atom. The van der Waals surface area contributed by atoms with Crippen LogP contribution in [0.2, 0.25) is 0 Å². The Hall–Kier alpha value is -4.99. The van der Waals surface area contributed by atoms with E-state index in [-0.39, 0.29) is 35.7 Å². The van der Waals surface area contributed by atoms with Crippen LogP contribution in [-0.2, 0) is 13.6 Å². The van der Waals surface area contributed by atoms with Crippen LogP contribution in [-0.4, -0.2) is 72.4 Å². The lowest BCUT2D eigenvalue weighted by Crippen LogP contribution is -2.71. The highest BCUT2D eigenvalue weighted by atomic mass is 16.5. The first-order valence-corrected chi connectivity index (χ1v) is 16.2. The summed E-state index contributed by atoms with van der Waals surface area (Å²) in [6.45, 7) is 1.53. The Morgan fingerprint density at radius 2 is 1.78 bits per heavy atom. The van der Waals surface area contributed by atoms with Crippen molar-refractivity contribution in [1.82, 2.24) is 28.9 Å². The second-order valence-corrected chi connectivity index (χ2v) is 13.7. The smallest absolute Gasteiger partial charge is 0.261 e. The van der Waals surface area contributed by atoms with E-state index in [4.69, 9.17) is 14.7 Å². The molecule has 230 valence electrons. The van der Waals surface area contributed by atoms with Gasteiger partial charge >= 0.3 is 0 Å². The molecule has 0 spiro atoms. The molecule has 3 amide bonds. The van der Waals surface area contributed by atoms with Crippen LogP contribution in [0.25, 0.3) is 33.6 Å². The number of hydrogen-bond donors (Lipinski definition) is 0. The van der Waals surface area contributed by atoms with Crippen molar-refractivity contribution in [3.8, 4) is 17.3 Å². The first-order chi connectivity index (χ1) is 22.4. The van der Waals surface area contributed by atoms with Crippen LogP contribution in [0.4, 0.5) is 0 Å². The molecule has 10 heteroatoms. The number of carbonyl (C=O) groups is 3. The van der Waals surface area contributed by atoms with Gasteiger partial charge in [0.15, 0.2) is 5.82 Å². The molecule has 10 nitrogen and oxygen atoms in total. The number of amides is 3. The Bertz CT molecular complexity index is 2140. The van der Waals surface area contributed by atoms with Gasteiger partial charge in [-0.3, -0.25) is 19.3 Å². The average Bonchev–Trinajstić information content (AvgIpc) is 3.64. The summed E-state index contributed by atoms with van der Waals surface area (Å²) in [5.41, 5.74) is 4.86. The predicted octanol–water partition coefficient (Wildman–Crippen LogP) is 4.76. The van der Waals surface area contributed by atoms with Crippen LogP contribution in [0, 0.1) is 23.7 Å². The summed E-state index contributed by atoms with van der Waals surface area (Å²) in [7, 11) is 3.61. The normalized spacial score (nSPS) is 26.0. The number of fused-ring (bicyclic) bond motifs is 3. The van der Waals surface area contributed by atoms with Crippen LogP contribution >= 0.6 is 0 Å². The molecule has 0 radical (unpaired) electrons. The van der Waals surface area contributed by atoms with Crippen molar-refractivity contribution in [3.63, 3.8) is 0 Å². The standard InChI is InChI=1S/C36H32N6O4/c1-39-30-25(38-33(39)26-14-19-6-5-11-37-32(19)40(26)16-18-9-10-18)13-20(15-27(30)46-2)34(43)41-17-21-12-24-28(21)31(41)29(24)42-35(44)22-7-3-4-8-23(22)36(42)45/h3-8,11,13-15,18,21,24,28-29,31H,9-10,12,16-17H2,1-2H3/t21-,24?,28+,29+,31+/m1/s1. The van der Waals surface area contributed by atoms with E-state index in [0.717, 1.165) is 41.0 Å². The lowest BCUT2D eigenvalue weighted by atomic mass is 9.49. The van der Waals surface area contributed by atoms with Gasteiger partial charge in [0, 0.05) is 37.3 Å². The van der Waals surface area contributed by atoms with Crippen LogP contribution in [0.15, 0.2) is 60.8 Å². The Labute approximate surface area is 264 Å². The van der Waals surface area contributed by atoms with Gasteiger partial charge < -0.3 is 18.8 Å². The number of likely N-dealkylation sites (tertiary alicyclic amines) is 1. The fourth-order valence-electron chi connectivity index (χ4n) is 9.06. The van der Waals surface area contributed by atoms with Crippen molar-refractivity contribution in [1.29, 1.82) is 0 Å². The summed E-state index contributed by atoms with van der Waals surface area (Å²) in [4.78, 5) is 54.4. The molecular weight excluding hydrogens is 580 g/mol. The highest BCUT2D eigenvalue weighted by molar-refractivity contribution is 6.21. The number of methoxy groups -OCH3 is 1. The van der Waals surface area contributed by atoms with E-state index < -0.39 is 0 Å². The Morgan fingerprint density at radius 3 is 2.52 bits per heavy atom. The zero-order valence-electron chi connectivity index (χ0n) is 25.6. The first kappa shape index (κ1) is 26.2. The number of ether oxygens (including phenoxy) is 1. The van der Waals surface area contributed by atoms with Crippen LogP contribution in [0.1, 0.15) is 50.3 Å². The number of imidazole rings is 1. The fourth-order valence-corrected chi connectivity index (χ4v) is 9.06. The first-order valence-electron chi connectivity index (χ1n) is 16.2. The number of carbonyl (C=O) groups excluding carboxylic acids is 3. The zero-order valence-corrected chi connectivity index (χ0v) is 25.6. The molecule has 5 atom stereocenters. The number of benzene rings is 2. The molecule has 5 aliphatic rings. The third kappa shape index (κ3) is 3.33. The monoisotopic (exact) mass is 612 g/mol. The highest BCUT2D eigenvalue weighted by Crippen LogP contribution is 2.63. The molecule has 0 bridgehead atoms. The lowest BCUT2D eigenvalue weighted by molar-refractivity contribution is -0.0916. The second kappa shape index (κ2) is 9.05. The number of pyridine rings is 1. The molecule has 4 fully saturated rings. The maximum atomic E-state index is 14.4. The van der Waals surface area contributed by atoms with Gasteiger partial charge in [-0.2, -0.15) is 0 Å². The van der Waals surface area contributed by atoms with Crippen LogP contribution < -0.4 is 4.74 Å². The van der Waals surface area contributed by atoms with Gasteiger partial charge in [0.2, 0.25) is 0 Å². The molecule has 1 unspecified atom stereocenters. The van der Waals surface area contributed by atoms with Crippen molar-refractivity contribution in [2.45, 2.75) is 37.9 Å². The maximum Gasteiger partial charge on any atom is 0.261 e. The SMILES string of the molecule is COc1cc(C(=O)N2C[C@H]3CC4[C@H]3[C@H]2[C@H]4N2C(=O)c3ccccc3C2=O)cc2nc(-c3cc4cccnc4n3CC3CC3)n(C)c12. The quantitative estimate of drug-likeness (QED) is 0.256. The minimum Gasteiger partial charge on any atom is -0.494 e. The van der Waals surface area contributed by atoms with Crippen molar-refractivity contribution >= 4 is 39.8 Å². The van der Waals surface area contributed by atoms with E-state index in [9.17, 15) is 14.4 Å². The Balaban J connectivity index is 1.02. The molecule has 0 N–H and O–H groups in total. The minimum atomic E-state index is -0.297. The average molecular weight is 613 g/mol. The molecule has 2 aliphatic heterocycles. The summed E-state index contributed by atoms with van der Waals surface area (Å²) in [6.07, 6.45) is 5.21. The molecule has 3 saturated carbocycles. The van der Waals surface area contributed by atoms with Crippen LogP contribution in [0.5, 0.6) is 5.75 Å². The molecule has 5 aromatic rings.